The van der Waals surface area contributed by atoms with Gasteiger partial charge in [-0.25, -0.2) is 0 Å². The molecular formula is C19H26N2O3. The first-order chi connectivity index (χ1) is 11.7. The second kappa shape index (κ2) is 7.79. The van der Waals surface area contributed by atoms with Crippen LogP contribution in [-0.4, -0.2) is 54.9 Å². The molecule has 0 radical (unpaired) electrons. The molecule has 0 spiro atoms. The third kappa shape index (κ3) is 3.61. The summed E-state index contributed by atoms with van der Waals surface area (Å²) in [6.45, 7) is 3.07. The fourth-order valence-electron chi connectivity index (χ4n) is 3.72. The van der Waals surface area contributed by atoms with E-state index in [1.165, 1.54) is 0 Å². The van der Waals surface area contributed by atoms with Crippen molar-refractivity contribution in [2.24, 2.45) is 5.92 Å². The van der Waals surface area contributed by atoms with Crippen LogP contribution < -0.4 is 0 Å². The van der Waals surface area contributed by atoms with Crippen LogP contribution in [0.25, 0.3) is 0 Å². The van der Waals surface area contributed by atoms with Crippen molar-refractivity contribution in [3.8, 4) is 0 Å². The molecule has 2 aliphatic rings. The molecule has 0 bridgehead atoms. The maximum atomic E-state index is 12.8. The van der Waals surface area contributed by atoms with Crippen molar-refractivity contribution in [1.82, 2.24) is 9.80 Å². The average molecular weight is 330 g/mol. The smallest absolute Gasteiger partial charge is 0.256 e. The van der Waals surface area contributed by atoms with Gasteiger partial charge in [-0.05, 0) is 31.2 Å². The first-order valence-corrected chi connectivity index (χ1v) is 8.86. The quantitative estimate of drug-likeness (QED) is 0.851. The van der Waals surface area contributed by atoms with E-state index in [-0.39, 0.29) is 17.7 Å². The summed E-state index contributed by atoms with van der Waals surface area (Å²) in [7, 11) is 1.57. The summed E-state index contributed by atoms with van der Waals surface area (Å²) in [5.41, 5.74) is 0.875. The van der Waals surface area contributed by atoms with Crippen LogP contribution in [0, 0.1) is 5.92 Å². The summed E-state index contributed by atoms with van der Waals surface area (Å²) in [6.07, 6.45) is 3.20. The summed E-state index contributed by atoms with van der Waals surface area (Å²) < 4.78 is 5.44. The standard InChI is InChI=1S/C19H26N2O3/c1-24-17(15-7-3-2-4-8-15)19(23)21-13-9-16(10-14-21)18(22)20-11-5-6-12-20/h2-4,7-8,16-17H,5-6,9-14H2,1H3. The van der Waals surface area contributed by atoms with Gasteiger partial charge in [-0.3, -0.25) is 9.59 Å². The van der Waals surface area contributed by atoms with Gasteiger partial charge in [0.1, 0.15) is 0 Å². The van der Waals surface area contributed by atoms with E-state index in [0.717, 1.165) is 44.3 Å². The van der Waals surface area contributed by atoms with Gasteiger partial charge in [0.15, 0.2) is 6.10 Å². The second-order valence-corrected chi connectivity index (χ2v) is 6.66. The van der Waals surface area contributed by atoms with Crippen LogP contribution in [0.4, 0.5) is 0 Å². The lowest BCUT2D eigenvalue weighted by Crippen LogP contribution is -2.45. The molecule has 1 atom stereocenters. The number of hydrogen-bond acceptors (Lipinski definition) is 3. The fraction of sp³-hybridized carbons (Fsp3) is 0.579. The first-order valence-electron chi connectivity index (χ1n) is 8.86. The molecule has 5 heteroatoms. The number of hydrogen-bond donors (Lipinski definition) is 0. The number of benzene rings is 1. The lowest BCUT2D eigenvalue weighted by atomic mass is 9.94. The Kier molecular flexibility index (Phi) is 5.51. The van der Waals surface area contributed by atoms with Gasteiger partial charge >= 0.3 is 0 Å². The number of nitrogens with zero attached hydrogens (tertiary/aromatic N) is 2. The molecule has 5 nitrogen and oxygen atoms in total. The van der Waals surface area contributed by atoms with E-state index in [0.29, 0.717) is 13.1 Å². The van der Waals surface area contributed by atoms with E-state index >= 15 is 0 Å². The Balaban J connectivity index is 1.57. The molecule has 1 aromatic rings. The zero-order chi connectivity index (χ0) is 16.9. The number of piperidine rings is 1. The lowest BCUT2D eigenvalue weighted by molar-refractivity contribution is -0.146. The molecule has 3 rings (SSSR count). The van der Waals surface area contributed by atoms with E-state index in [1.54, 1.807) is 7.11 Å². The summed E-state index contributed by atoms with van der Waals surface area (Å²) in [6, 6.07) is 9.58. The predicted octanol–water partition coefficient (Wildman–Crippen LogP) is 2.24. The zero-order valence-electron chi connectivity index (χ0n) is 14.3. The molecule has 130 valence electrons. The fourth-order valence-corrected chi connectivity index (χ4v) is 3.72. The van der Waals surface area contributed by atoms with Gasteiger partial charge in [0.25, 0.3) is 5.91 Å². The number of carbonyl (C=O) groups is 2. The molecule has 1 aromatic carbocycles. The first kappa shape index (κ1) is 17.0. The maximum absolute atomic E-state index is 12.8. The Bertz CT molecular complexity index is 561. The van der Waals surface area contributed by atoms with Crippen LogP contribution in [0.5, 0.6) is 0 Å². The highest BCUT2D eigenvalue weighted by Crippen LogP contribution is 2.25. The Morgan fingerprint density at radius 1 is 1.00 bits per heavy atom. The minimum Gasteiger partial charge on any atom is -0.367 e. The van der Waals surface area contributed by atoms with Crippen LogP contribution in [0.3, 0.4) is 0 Å². The molecule has 24 heavy (non-hydrogen) atoms. The maximum Gasteiger partial charge on any atom is 0.256 e. The molecular weight excluding hydrogens is 304 g/mol. The van der Waals surface area contributed by atoms with Crippen molar-refractivity contribution in [3.63, 3.8) is 0 Å². The Hall–Kier alpha value is -1.88. The Morgan fingerprint density at radius 3 is 2.21 bits per heavy atom. The van der Waals surface area contributed by atoms with Gasteiger partial charge in [-0.2, -0.15) is 0 Å². The van der Waals surface area contributed by atoms with Gasteiger partial charge in [-0.15, -0.1) is 0 Å². The van der Waals surface area contributed by atoms with Gasteiger partial charge in [-0.1, -0.05) is 30.3 Å². The topological polar surface area (TPSA) is 49.9 Å². The highest BCUT2D eigenvalue weighted by molar-refractivity contribution is 5.83. The third-order valence-electron chi connectivity index (χ3n) is 5.14. The van der Waals surface area contributed by atoms with E-state index in [1.807, 2.05) is 40.1 Å². The molecule has 0 aromatic heterocycles. The van der Waals surface area contributed by atoms with Gasteiger partial charge in [0.2, 0.25) is 5.91 Å². The van der Waals surface area contributed by atoms with Crippen molar-refractivity contribution in [2.75, 3.05) is 33.3 Å². The summed E-state index contributed by atoms with van der Waals surface area (Å²) in [4.78, 5) is 29.1. The third-order valence-corrected chi connectivity index (χ3v) is 5.14. The van der Waals surface area contributed by atoms with Crippen molar-refractivity contribution in [3.05, 3.63) is 35.9 Å². The predicted molar refractivity (Wildman–Crippen MR) is 91.3 cm³/mol. The van der Waals surface area contributed by atoms with Gasteiger partial charge < -0.3 is 14.5 Å². The molecule has 0 saturated carbocycles. The van der Waals surface area contributed by atoms with Crippen molar-refractivity contribution in [1.29, 1.82) is 0 Å². The number of carbonyl (C=O) groups excluding carboxylic acids is 2. The Labute approximate surface area is 143 Å². The molecule has 2 aliphatic heterocycles. The van der Waals surface area contributed by atoms with Crippen LogP contribution in [0.1, 0.15) is 37.4 Å². The molecule has 2 fully saturated rings. The van der Waals surface area contributed by atoms with E-state index < -0.39 is 6.10 Å². The van der Waals surface area contributed by atoms with Gasteiger partial charge in [0, 0.05) is 39.2 Å². The number of amides is 2. The van der Waals surface area contributed by atoms with Gasteiger partial charge in [0.05, 0.1) is 0 Å². The molecule has 2 amide bonds. The van der Waals surface area contributed by atoms with Crippen LogP contribution >= 0.6 is 0 Å². The number of likely N-dealkylation sites (tertiary alicyclic amines) is 2. The zero-order valence-corrected chi connectivity index (χ0v) is 14.3. The van der Waals surface area contributed by atoms with Crippen molar-refractivity contribution < 1.29 is 14.3 Å². The summed E-state index contributed by atoms with van der Waals surface area (Å²) >= 11 is 0. The van der Waals surface area contributed by atoms with Crippen LogP contribution in [-0.2, 0) is 14.3 Å². The van der Waals surface area contributed by atoms with Crippen LogP contribution in [0.2, 0.25) is 0 Å². The van der Waals surface area contributed by atoms with E-state index in [2.05, 4.69) is 0 Å². The summed E-state index contributed by atoms with van der Waals surface area (Å²) in [5, 5.41) is 0. The monoisotopic (exact) mass is 330 g/mol. The number of ether oxygens (including phenoxy) is 1. The molecule has 2 saturated heterocycles. The van der Waals surface area contributed by atoms with Crippen LogP contribution in [0.15, 0.2) is 30.3 Å². The minimum absolute atomic E-state index is 0.00392. The van der Waals surface area contributed by atoms with Crippen molar-refractivity contribution >= 4 is 11.8 Å². The SMILES string of the molecule is COC(C(=O)N1CCC(C(=O)N2CCCC2)CC1)c1ccccc1. The highest BCUT2D eigenvalue weighted by Gasteiger charge is 2.33. The molecule has 2 heterocycles. The largest absolute Gasteiger partial charge is 0.367 e. The normalized spacial score (nSPS) is 20.2. The summed E-state index contributed by atoms with van der Waals surface area (Å²) in [5.74, 6) is 0.353. The Morgan fingerprint density at radius 2 is 1.62 bits per heavy atom. The second-order valence-electron chi connectivity index (χ2n) is 6.66. The average Bonchev–Trinajstić information content (AvgIpc) is 3.17. The number of methoxy groups -OCH3 is 1. The molecule has 0 aliphatic carbocycles. The minimum atomic E-state index is -0.558. The lowest BCUT2D eigenvalue weighted by Gasteiger charge is -2.34. The van der Waals surface area contributed by atoms with E-state index in [4.69, 9.17) is 4.74 Å². The molecule has 0 N–H and O–H groups in total. The number of rotatable bonds is 4. The van der Waals surface area contributed by atoms with E-state index in [9.17, 15) is 9.59 Å². The highest BCUT2D eigenvalue weighted by atomic mass is 16.5. The van der Waals surface area contributed by atoms with Crippen molar-refractivity contribution in [2.45, 2.75) is 31.8 Å². The molecule has 1 unspecified atom stereocenters.